The highest BCUT2D eigenvalue weighted by atomic mass is 32.1. The zero-order valence-corrected chi connectivity index (χ0v) is 14.0. The molecule has 0 fully saturated rings. The zero-order chi connectivity index (χ0) is 17.2. The Morgan fingerprint density at radius 2 is 2.24 bits per heavy atom. The molecule has 3 heterocycles. The number of amides is 1. The Bertz CT molecular complexity index is 1120. The number of fused-ring (bicyclic) bond motifs is 1. The van der Waals surface area contributed by atoms with Crippen LogP contribution in [-0.2, 0) is 6.54 Å². The van der Waals surface area contributed by atoms with Crippen LogP contribution in [0.4, 0.5) is 0 Å². The summed E-state index contributed by atoms with van der Waals surface area (Å²) in [6, 6.07) is 11.5. The second-order valence-electron chi connectivity index (χ2n) is 5.45. The Morgan fingerprint density at radius 1 is 1.32 bits per heavy atom. The van der Waals surface area contributed by atoms with Gasteiger partial charge in [-0.25, -0.2) is 4.98 Å². The predicted octanol–water partition coefficient (Wildman–Crippen LogP) is 2.61. The lowest BCUT2D eigenvalue weighted by atomic mass is 10.2. The van der Waals surface area contributed by atoms with E-state index in [4.69, 9.17) is 5.73 Å². The normalized spacial score (nSPS) is 12.0. The van der Waals surface area contributed by atoms with E-state index in [1.54, 1.807) is 18.5 Å². The minimum Gasteiger partial charge on any atom is -0.345 e. The highest BCUT2D eigenvalue weighted by Crippen LogP contribution is 2.16. The number of benzene rings is 1. The molecule has 0 unspecified atom stereocenters. The number of carbonyl (C=O) groups is 1. The van der Waals surface area contributed by atoms with Gasteiger partial charge >= 0.3 is 0 Å². The number of rotatable bonds is 3. The summed E-state index contributed by atoms with van der Waals surface area (Å²) in [6.07, 6.45) is 5.22. The van der Waals surface area contributed by atoms with E-state index in [9.17, 15) is 4.79 Å². The number of nitrogens with one attached hydrogen (secondary N) is 1. The Kier molecular flexibility index (Phi) is 4.01. The Balaban J connectivity index is 1.78. The van der Waals surface area contributed by atoms with Gasteiger partial charge in [-0.05, 0) is 29.8 Å². The van der Waals surface area contributed by atoms with Crippen molar-refractivity contribution >= 4 is 28.3 Å². The second-order valence-corrected chi connectivity index (χ2v) is 6.32. The maximum absolute atomic E-state index is 12.7. The number of carbonyl (C=O) groups excluding carboxylic acids is 1. The van der Waals surface area contributed by atoms with Gasteiger partial charge in [-0.2, -0.15) is 4.99 Å². The zero-order valence-electron chi connectivity index (χ0n) is 13.2. The molecular formula is C18H15N5OS. The van der Waals surface area contributed by atoms with Crippen molar-refractivity contribution in [2.45, 2.75) is 6.54 Å². The van der Waals surface area contributed by atoms with E-state index in [0.717, 1.165) is 16.6 Å². The van der Waals surface area contributed by atoms with Crippen LogP contribution in [0.25, 0.3) is 16.7 Å². The van der Waals surface area contributed by atoms with Crippen molar-refractivity contribution in [3.63, 3.8) is 0 Å². The smallest absolute Gasteiger partial charge is 0.281 e. The first-order chi connectivity index (χ1) is 12.3. The molecule has 0 bridgehead atoms. The van der Waals surface area contributed by atoms with Gasteiger partial charge in [0.25, 0.3) is 5.91 Å². The van der Waals surface area contributed by atoms with Crippen molar-refractivity contribution in [1.82, 2.24) is 14.5 Å². The summed E-state index contributed by atoms with van der Waals surface area (Å²) in [5, 5.41) is 2.67. The van der Waals surface area contributed by atoms with Gasteiger partial charge in [-0.3, -0.25) is 9.36 Å². The molecule has 3 N–H and O–H groups in total. The molecule has 7 heteroatoms. The van der Waals surface area contributed by atoms with Crippen molar-refractivity contribution < 1.29 is 4.79 Å². The molecule has 1 aromatic carbocycles. The molecule has 0 aliphatic heterocycles. The maximum Gasteiger partial charge on any atom is 0.281 e. The van der Waals surface area contributed by atoms with Crippen molar-refractivity contribution in [2.24, 2.45) is 10.7 Å². The molecule has 25 heavy (non-hydrogen) atoms. The number of nitrogens with two attached hydrogens (primary N) is 1. The van der Waals surface area contributed by atoms with Crippen LogP contribution >= 0.6 is 11.3 Å². The fraction of sp³-hybridized carbons (Fsp3) is 0.0556. The first-order valence-electron chi connectivity index (χ1n) is 7.73. The molecule has 0 aliphatic rings. The molecule has 0 saturated heterocycles. The summed E-state index contributed by atoms with van der Waals surface area (Å²) >= 11 is 1.41. The summed E-state index contributed by atoms with van der Waals surface area (Å²) in [5.74, 6) is -0.301. The van der Waals surface area contributed by atoms with Gasteiger partial charge in [0.15, 0.2) is 4.80 Å². The summed E-state index contributed by atoms with van der Waals surface area (Å²) in [7, 11) is 0. The van der Waals surface area contributed by atoms with Gasteiger partial charge in [0.05, 0.1) is 5.56 Å². The average molecular weight is 349 g/mol. The third kappa shape index (κ3) is 2.90. The van der Waals surface area contributed by atoms with Gasteiger partial charge in [-0.15, -0.1) is 11.3 Å². The van der Waals surface area contributed by atoms with Crippen LogP contribution in [0.2, 0.25) is 0 Å². The van der Waals surface area contributed by atoms with Crippen LogP contribution in [0, 0.1) is 0 Å². The lowest BCUT2D eigenvalue weighted by molar-refractivity contribution is 0.0999. The summed E-state index contributed by atoms with van der Waals surface area (Å²) in [4.78, 5) is 24.8. The molecule has 1 amide bonds. The van der Waals surface area contributed by atoms with E-state index in [1.165, 1.54) is 11.3 Å². The number of pyridine rings is 1. The number of aromatic nitrogens is 3. The minimum atomic E-state index is -0.301. The van der Waals surface area contributed by atoms with E-state index < -0.39 is 0 Å². The molecule has 4 aromatic rings. The third-order valence-electron chi connectivity index (χ3n) is 3.89. The molecular weight excluding hydrogens is 334 g/mol. The fourth-order valence-corrected chi connectivity index (χ4v) is 3.38. The maximum atomic E-state index is 12.7. The number of hydrogen-bond acceptors (Lipinski definition) is 4. The topological polar surface area (TPSA) is 89.1 Å². The van der Waals surface area contributed by atoms with E-state index >= 15 is 0 Å². The average Bonchev–Trinajstić information content (AvgIpc) is 3.28. The first-order valence-corrected chi connectivity index (χ1v) is 8.61. The molecule has 0 saturated carbocycles. The quantitative estimate of drug-likeness (QED) is 0.596. The summed E-state index contributed by atoms with van der Waals surface area (Å²) in [6.45, 7) is 0.465. The number of nitrogens with zero attached hydrogens (tertiary/aromatic N) is 3. The fourth-order valence-electron chi connectivity index (χ4n) is 2.66. The second kappa shape index (κ2) is 6.46. The SMILES string of the molecule is NCc1cccc(-n2ccs/c2=N\C(=O)c2c[nH]c3ncccc23)c1. The Hall–Kier alpha value is -3.03. The highest BCUT2D eigenvalue weighted by molar-refractivity contribution is 7.07. The van der Waals surface area contributed by atoms with E-state index in [0.29, 0.717) is 22.6 Å². The Morgan fingerprint density at radius 3 is 3.12 bits per heavy atom. The van der Waals surface area contributed by atoms with Gasteiger partial charge in [-0.1, -0.05) is 12.1 Å². The molecule has 4 rings (SSSR count). The van der Waals surface area contributed by atoms with E-state index in [2.05, 4.69) is 15.0 Å². The molecule has 0 aliphatic carbocycles. The van der Waals surface area contributed by atoms with Crippen molar-refractivity contribution in [1.29, 1.82) is 0 Å². The van der Waals surface area contributed by atoms with E-state index in [1.807, 2.05) is 46.5 Å². The van der Waals surface area contributed by atoms with Crippen LogP contribution in [0.15, 0.2) is 65.4 Å². The van der Waals surface area contributed by atoms with Crippen molar-refractivity contribution in [3.8, 4) is 5.69 Å². The minimum absolute atomic E-state index is 0.301. The summed E-state index contributed by atoms with van der Waals surface area (Å²) in [5.41, 5.74) is 8.86. The van der Waals surface area contributed by atoms with Crippen LogP contribution < -0.4 is 10.5 Å². The van der Waals surface area contributed by atoms with Crippen molar-refractivity contribution in [2.75, 3.05) is 0 Å². The molecule has 6 nitrogen and oxygen atoms in total. The Labute approximate surface area is 147 Å². The number of H-pyrrole nitrogens is 1. The van der Waals surface area contributed by atoms with Crippen molar-refractivity contribution in [3.05, 3.63) is 76.3 Å². The first kappa shape index (κ1) is 15.5. The number of aromatic amines is 1. The molecule has 3 aromatic heterocycles. The number of thiazole rings is 1. The van der Waals surface area contributed by atoms with Crippen LogP contribution in [-0.4, -0.2) is 20.4 Å². The predicted molar refractivity (Wildman–Crippen MR) is 97.5 cm³/mol. The molecule has 0 spiro atoms. The lowest BCUT2D eigenvalue weighted by Gasteiger charge is -2.04. The number of hydrogen-bond donors (Lipinski definition) is 2. The lowest BCUT2D eigenvalue weighted by Crippen LogP contribution is -2.15. The highest BCUT2D eigenvalue weighted by Gasteiger charge is 2.12. The van der Waals surface area contributed by atoms with E-state index in [-0.39, 0.29) is 5.91 Å². The molecule has 124 valence electrons. The van der Waals surface area contributed by atoms with Crippen LogP contribution in [0.5, 0.6) is 0 Å². The van der Waals surface area contributed by atoms with Gasteiger partial charge < -0.3 is 10.7 Å². The standard InChI is InChI=1S/C18H15N5OS/c19-10-12-3-1-4-13(9-12)23-7-8-25-18(23)22-17(24)15-11-21-16-14(15)5-2-6-20-16/h1-9,11H,10,19H2,(H,20,21)/b22-18-. The van der Waals surface area contributed by atoms with Gasteiger partial charge in [0, 0.05) is 41.6 Å². The summed E-state index contributed by atoms with van der Waals surface area (Å²) < 4.78 is 1.88. The third-order valence-corrected chi connectivity index (χ3v) is 4.65. The molecule has 0 radical (unpaired) electrons. The molecule has 0 atom stereocenters. The largest absolute Gasteiger partial charge is 0.345 e. The van der Waals surface area contributed by atoms with Gasteiger partial charge in [0.1, 0.15) is 5.65 Å². The monoisotopic (exact) mass is 349 g/mol. The van der Waals surface area contributed by atoms with Gasteiger partial charge in [0.2, 0.25) is 0 Å². The van der Waals surface area contributed by atoms with Crippen LogP contribution in [0.3, 0.4) is 0 Å². The van der Waals surface area contributed by atoms with Crippen LogP contribution in [0.1, 0.15) is 15.9 Å².